The van der Waals surface area contributed by atoms with E-state index in [9.17, 15) is 9.59 Å². The molecule has 1 saturated heterocycles. The van der Waals surface area contributed by atoms with E-state index in [0.29, 0.717) is 6.54 Å². The lowest BCUT2D eigenvalue weighted by atomic mass is 9.89. The first-order chi connectivity index (χ1) is 7.49. The van der Waals surface area contributed by atoms with Crippen LogP contribution in [-0.2, 0) is 14.3 Å². The molecular weight excluding hydrogens is 212 g/mol. The molecular formula is C10H18N2O4. The number of hydrogen-bond donors (Lipinski definition) is 3. The summed E-state index contributed by atoms with van der Waals surface area (Å²) >= 11 is 0. The van der Waals surface area contributed by atoms with Gasteiger partial charge in [0.05, 0.1) is 12.0 Å². The molecule has 92 valence electrons. The Morgan fingerprint density at radius 1 is 1.62 bits per heavy atom. The first-order valence-electron chi connectivity index (χ1n) is 5.24. The molecule has 0 spiro atoms. The van der Waals surface area contributed by atoms with Crippen LogP contribution in [0.25, 0.3) is 0 Å². The van der Waals surface area contributed by atoms with Crippen LogP contribution in [0.15, 0.2) is 0 Å². The highest BCUT2D eigenvalue weighted by molar-refractivity contribution is 5.83. The minimum absolute atomic E-state index is 0.000255. The Kier molecular flexibility index (Phi) is 4.26. The second-order valence-corrected chi connectivity index (χ2v) is 4.26. The van der Waals surface area contributed by atoms with Crippen LogP contribution in [0.5, 0.6) is 0 Å². The van der Waals surface area contributed by atoms with Crippen molar-refractivity contribution in [3.8, 4) is 0 Å². The van der Waals surface area contributed by atoms with Crippen LogP contribution in [0.1, 0.15) is 13.3 Å². The van der Waals surface area contributed by atoms with Gasteiger partial charge in [0.2, 0.25) is 5.91 Å². The maximum atomic E-state index is 11.8. The summed E-state index contributed by atoms with van der Waals surface area (Å²) in [5, 5.41) is 14.4. The molecule has 0 bridgehead atoms. The van der Waals surface area contributed by atoms with Gasteiger partial charge >= 0.3 is 5.97 Å². The topological polar surface area (TPSA) is 87.7 Å². The van der Waals surface area contributed by atoms with E-state index in [1.807, 2.05) is 6.92 Å². The van der Waals surface area contributed by atoms with E-state index in [2.05, 4.69) is 10.6 Å². The van der Waals surface area contributed by atoms with Crippen molar-refractivity contribution >= 4 is 11.9 Å². The van der Waals surface area contributed by atoms with E-state index in [0.717, 1.165) is 13.0 Å². The molecule has 1 aliphatic heterocycles. The van der Waals surface area contributed by atoms with E-state index in [-0.39, 0.29) is 12.5 Å². The predicted molar refractivity (Wildman–Crippen MR) is 57.0 cm³/mol. The average Bonchev–Trinajstić information content (AvgIpc) is 2.66. The van der Waals surface area contributed by atoms with Crippen LogP contribution in [0.2, 0.25) is 0 Å². The summed E-state index contributed by atoms with van der Waals surface area (Å²) in [6.45, 7) is 3.31. The van der Waals surface area contributed by atoms with Gasteiger partial charge in [-0.1, -0.05) is 0 Å². The molecule has 2 unspecified atom stereocenters. The molecule has 1 amide bonds. The van der Waals surface area contributed by atoms with E-state index < -0.39 is 17.5 Å². The summed E-state index contributed by atoms with van der Waals surface area (Å²) < 4.78 is 4.73. The number of methoxy groups -OCH3 is 1. The predicted octanol–water partition coefficient (Wildman–Crippen LogP) is -0.798. The molecule has 1 rings (SSSR count). The number of carboxylic acids is 1. The number of carboxylic acid groups (broad SMARTS) is 1. The van der Waals surface area contributed by atoms with Gasteiger partial charge in [0.15, 0.2) is 6.10 Å². The number of hydrogen-bond acceptors (Lipinski definition) is 4. The molecule has 16 heavy (non-hydrogen) atoms. The summed E-state index contributed by atoms with van der Waals surface area (Å²) in [6.07, 6.45) is -0.217. The average molecular weight is 230 g/mol. The van der Waals surface area contributed by atoms with Crippen molar-refractivity contribution in [1.82, 2.24) is 10.6 Å². The van der Waals surface area contributed by atoms with Gasteiger partial charge < -0.3 is 20.5 Å². The zero-order valence-electron chi connectivity index (χ0n) is 9.58. The van der Waals surface area contributed by atoms with Gasteiger partial charge in [-0.3, -0.25) is 4.79 Å². The van der Waals surface area contributed by atoms with Crippen LogP contribution in [0, 0.1) is 5.41 Å². The molecule has 3 N–H and O–H groups in total. The Morgan fingerprint density at radius 2 is 2.31 bits per heavy atom. The molecule has 6 heteroatoms. The second kappa shape index (κ2) is 5.27. The summed E-state index contributed by atoms with van der Waals surface area (Å²) in [5.74, 6) is -1.20. The van der Waals surface area contributed by atoms with Crippen molar-refractivity contribution < 1.29 is 19.4 Å². The highest BCUT2D eigenvalue weighted by Crippen LogP contribution is 2.24. The first-order valence-corrected chi connectivity index (χ1v) is 5.24. The van der Waals surface area contributed by atoms with E-state index >= 15 is 0 Å². The molecule has 0 aromatic carbocycles. The molecule has 0 aromatic rings. The van der Waals surface area contributed by atoms with Crippen LogP contribution in [-0.4, -0.2) is 49.8 Å². The zero-order chi connectivity index (χ0) is 12.2. The normalized spacial score (nSPS) is 26.4. The Hall–Kier alpha value is -1.14. The standard InChI is InChI=1S/C10H18N2O4/c1-10(3-4-11-6-10)9(15)12-5-7(16-2)8(13)14/h7,11H,3-6H2,1-2H3,(H,12,15)(H,13,14). The van der Waals surface area contributed by atoms with Gasteiger partial charge in [-0.05, 0) is 19.9 Å². The van der Waals surface area contributed by atoms with E-state index in [4.69, 9.17) is 9.84 Å². The van der Waals surface area contributed by atoms with Gasteiger partial charge in [0, 0.05) is 13.7 Å². The molecule has 2 atom stereocenters. The van der Waals surface area contributed by atoms with Crippen LogP contribution in [0.3, 0.4) is 0 Å². The van der Waals surface area contributed by atoms with Gasteiger partial charge in [0.25, 0.3) is 0 Å². The Morgan fingerprint density at radius 3 is 2.75 bits per heavy atom. The van der Waals surface area contributed by atoms with Crippen molar-refractivity contribution in [3.05, 3.63) is 0 Å². The molecule has 0 radical (unpaired) electrons. The summed E-state index contributed by atoms with van der Waals surface area (Å²) in [7, 11) is 1.31. The molecule has 1 fully saturated rings. The third-order valence-corrected chi connectivity index (χ3v) is 2.92. The van der Waals surface area contributed by atoms with Crippen molar-refractivity contribution in [1.29, 1.82) is 0 Å². The quantitative estimate of drug-likeness (QED) is 0.575. The Balaban J connectivity index is 2.42. The number of carbonyl (C=O) groups is 2. The van der Waals surface area contributed by atoms with E-state index in [1.165, 1.54) is 7.11 Å². The molecule has 0 aliphatic carbocycles. The van der Waals surface area contributed by atoms with Crippen molar-refractivity contribution in [2.45, 2.75) is 19.4 Å². The van der Waals surface area contributed by atoms with Gasteiger partial charge in [-0.2, -0.15) is 0 Å². The second-order valence-electron chi connectivity index (χ2n) is 4.26. The van der Waals surface area contributed by atoms with Gasteiger partial charge in [-0.25, -0.2) is 4.79 Å². The monoisotopic (exact) mass is 230 g/mol. The fraction of sp³-hybridized carbons (Fsp3) is 0.800. The number of amides is 1. The number of rotatable bonds is 5. The smallest absolute Gasteiger partial charge is 0.334 e. The van der Waals surface area contributed by atoms with Crippen LogP contribution < -0.4 is 10.6 Å². The third-order valence-electron chi connectivity index (χ3n) is 2.92. The van der Waals surface area contributed by atoms with Crippen molar-refractivity contribution in [2.75, 3.05) is 26.7 Å². The molecule has 0 saturated carbocycles. The minimum atomic E-state index is -1.07. The maximum absolute atomic E-state index is 11.8. The van der Waals surface area contributed by atoms with Crippen LogP contribution >= 0.6 is 0 Å². The highest BCUT2D eigenvalue weighted by atomic mass is 16.5. The van der Waals surface area contributed by atoms with Crippen LogP contribution in [0.4, 0.5) is 0 Å². The maximum Gasteiger partial charge on any atom is 0.334 e. The van der Waals surface area contributed by atoms with Gasteiger partial charge in [0.1, 0.15) is 0 Å². The summed E-state index contributed by atoms with van der Waals surface area (Å²) in [5.41, 5.74) is -0.434. The van der Waals surface area contributed by atoms with E-state index in [1.54, 1.807) is 0 Å². The van der Waals surface area contributed by atoms with Crippen molar-refractivity contribution in [2.24, 2.45) is 5.41 Å². The number of ether oxygens (including phenoxy) is 1. The largest absolute Gasteiger partial charge is 0.479 e. The highest BCUT2D eigenvalue weighted by Gasteiger charge is 2.36. The Bertz CT molecular complexity index is 274. The number of carbonyl (C=O) groups excluding carboxylic acids is 1. The molecule has 1 heterocycles. The van der Waals surface area contributed by atoms with Gasteiger partial charge in [-0.15, -0.1) is 0 Å². The summed E-state index contributed by atoms with van der Waals surface area (Å²) in [6, 6.07) is 0. The molecule has 1 aliphatic rings. The fourth-order valence-electron chi connectivity index (χ4n) is 1.68. The zero-order valence-corrected chi connectivity index (χ0v) is 9.58. The molecule has 6 nitrogen and oxygen atoms in total. The lowest BCUT2D eigenvalue weighted by molar-refractivity contribution is -0.148. The SMILES string of the molecule is COC(CNC(=O)C1(C)CCNC1)C(=O)O. The number of nitrogens with one attached hydrogen (secondary N) is 2. The summed E-state index contributed by atoms with van der Waals surface area (Å²) in [4.78, 5) is 22.5. The first kappa shape index (κ1) is 12.9. The third kappa shape index (κ3) is 2.93. The lowest BCUT2D eigenvalue weighted by Crippen LogP contribution is -2.45. The fourth-order valence-corrected chi connectivity index (χ4v) is 1.68. The molecule has 0 aromatic heterocycles. The number of aliphatic carboxylic acids is 1. The minimum Gasteiger partial charge on any atom is -0.479 e. The lowest BCUT2D eigenvalue weighted by Gasteiger charge is -2.22. The van der Waals surface area contributed by atoms with Crippen molar-refractivity contribution in [3.63, 3.8) is 0 Å². The Labute approximate surface area is 94.3 Å².